The largest absolute Gasteiger partial charge is 0.494 e. The normalized spacial score (nSPS) is 29.3. The van der Waals surface area contributed by atoms with E-state index < -0.39 is 0 Å². The zero-order chi connectivity index (χ0) is 18.1. The van der Waals surface area contributed by atoms with Crippen LogP contribution in [0, 0.1) is 11.8 Å². The van der Waals surface area contributed by atoms with Crippen LogP contribution < -0.4 is 9.64 Å². The SMILES string of the molecule is CCCOc1ccc(N2C(=O)C[C@H](N3C[C@H]4CCCC[C@H]4C3)C2=O)cc1. The Morgan fingerprint density at radius 1 is 1.04 bits per heavy atom. The van der Waals surface area contributed by atoms with Gasteiger partial charge >= 0.3 is 0 Å². The zero-order valence-electron chi connectivity index (χ0n) is 15.5. The average molecular weight is 356 g/mol. The molecule has 5 heteroatoms. The number of hydrogen-bond donors (Lipinski definition) is 0. The molecule has 0 aromatic heterocycles. The number of benzene rings is 1. The number of ether oxygens (including phenoxy) is 1. The highest BCUT2D eigenvalue weighted by molar-refractivity contribution is 6.22. The van der Waals surface area contributed by atoms with Gasteiger partial charge in [-0.1, -0.05) is 19.8 Å². The lowest BCUT2D eigenvalue weighted by atomic mass is 9.82. The molecule has 2 aliphatic heterocycles. The van der Waals surface area contributed by atoms with Gasteiger partial charge in [0.1, 0.15) is 5.75 Å². The number of hydrogen-bond acceptors (Lipinski definition) is 4. The van der Waals surface area contributed by atoms with E-state index in [2.05, 4.69) is 11.8 Å². The van der Waals surface area contributed by atoms with Crippen molar-refractivity contribution in [1.29, 1.82) is 0 Å². The van der Waals surface area contributed by atoms with Gasteiger partial charge < -0.3 is 4.74 Å². The predicted octanol–water partition coefficient (Wildman–Crippen LogP) is 3.23. The molecule has 1 aliphatic carbocycles. The smallest absolute Gasteiger partial charge is 0.251 e. The summed E-state index contributed by atoms with van der Waals surface area (Å²) in [6.07, 6.45) is 6.44. The van der Waals surface area contributed by atoms with Gasteiger partial charge in [0.15, 0.2) is 0 Å². The minimum atomic E-state index is -0.274. The molecule has 3 aliphatic rings. The third kappa shape index (κ3) is 3.25. The third-order valence-electron chi connectivity index (χ3n) is 6.14. The fraction of sp³-hybridized carbons (Fsp3) is 0.619. The van der Waals surface area contributed by atoms with Crippen LogP contribution in [0.5, 0.6) is 5.75 Å². The van der Waals surface area contributed by atoms with Crippen LogP contribution in [0.4, 0.5) is 5.69 Å². The molecule has 4 rings (SSSR count). The second kappa shape index (κ2) is 7.39. The fourth-order valence-electron chi connectivity index (χ4n) is 4.78. The van der Waals surface area contributed by atoms with Crippen molar-refractivity contribution in [3.63, 3.8) is 0 Å². The lowest BCUT2D eigenvalue weighted by Gasteiger charge is -2.23. The molecule has 1 aromatic carbocycles. The first-order chi connectivity index (χ1) is 12.7. The number of rotatable bonds is 5. The van der Waals surface area contributed by atoms with Gasteiger partial charge in [-0.3, -0.25) is 14.5 Å². The van der Waals surface area contributed by atoms with E-state index in [-0.39, 0.29) is 17.9 Å². The Morgan fingerprint density at radius 3 is 2.31 bits per heavy atom. The first-order valence-corrected chi connectivity index (χ1v) is 10.0. The Morgan fingerprint density at radius 2 is 1.69 bits per heavy atom. The highest BCUT2D eigenvalue weighted by atomic mass is 16.5. The van der Waals surface area contributed by atoms with Crippen molar-refractivity contribution in [2.45, 2.75) is 51.5 Å². The van der Waals surface area contributed by atoms with E-state index in [0.29, 0.717) is 18.7 Å². The summed E-state index contributed by atoms with van der Waals surface area (Å²) in [5.41, 5.74) is 0.656. The van der Waals surface area contributed by atoms with Crippen LogP contribution in [0.3, 0.4) is 0 Å². The average Bonchev–Trinajstić information content (AvgIpc) is 3.21. The van der Waals surface area contributed by atoms with Crippen LogP contribution in [0.1, 0.15) is 45.4 Å². The van der Waals surface area contributed by atoms with E-state index in [0.717, 1.165) is 37.1 Å². The Balaban J connectivity index is 1.45. The van der Waals surface area contributed by atoms with Gasteiger partial charge in [-0.2, -0.15) is 0 Å². The predicted molar refractivity (Wildman–Crippen MR) is 100 cm³/mol. The maximum atomic E-state index is 13.0. The number of carbonyl (C=O) groups is 2. The molecule has 0 radical (unpaired) electrons. The maximum Gasteiger partial charge on any atom is 0.251 e. The van der Waals surface area contributed by atoms with E-state index in [9.17, 15) is 9.59 Å². The Hall–Kier alpha value is -1.88. The first-order valence-electron chi connectivity index (χ1n) is 10.0. The number of likely N-dealkylation sites (tertiary alicyclic amines) is 1. The maximum absolute atomic E-state index is 13.0. The summed E-state index contributed by atoms with van der Waals surface area (Å²) in [6.45, 7) is 4.68. The van der Waals surface area contributed by atoms with Crippen molar-refractivity contribution in [2.75, 3.05) is 24.6 Å². The number of anilines is 1. The molecule has 140 valence electrons. The van der Waals surface area contributed by atoms with Crippen LogP contribution in [0.2, 0.25) is 0 Å². The number of carbonyl (C=O) groups excluding carboxylic acids is 2. The lowest BCUT2D eigenvalue weighted by molar-refractivity contribution is -0.122. The molecule has 0 spiro atoms. The van der Waals surface area contributed by atoms with Gasteiger partial charge in [-0.15, -0.1) is 0 Å². The van der Waals surface area contributed by atoms with Crippen LogP contribution in [-0.2, 0) is 9.59 Å². The zero-order valence-corrected chi connectivity index (χ0v) is 15.5. The quantitative estimate of drug-likeness (QED) is 0.760. The first kappa shape index (κ1) is 17.5. The molecular formula is C21H28N2O3. The summed E-state index contributed by atoms with van der Waals surface area (Å²) in [6, 6.07) is 7.02. The van der Waals surface area contributed by atoms with E-state index in [1.807, 2.05) is 24.3 Å². The Labute approximate surface area is 155 Å². The second-order valence-electron chi connectivity index (χ2n) is 7.89. The molecule has 26 heavy (non-hydrogen) atoms. The molecule has 2 heterocycles. The summed E-state index contributed by atoms with van der Waals surface area (Å²) in [5.74, 6) is 2.06. The Kier molecular flexibility index (Phi) is 4.98. The molecule has 1 aromatic rings. The molecule has 0 bridgehead atoms. The third-order valence-corrected chi connectivity index (χ3v) is 6.14. The van der Waals surface area contributed by atoms with Gasteiger partial charge in [0.25, 0.3) is 5.91 Å². The van der Waals surface area contributed by atoms with Crippen LogP contribution >= 0.6 is 0 Å². The molecule has 2 amide bonds. The van der Waals surface area contributed by atoms with Crippen molar-refractivity contribution in [1.82, 2.24) is 4.90 Å². The standard InChI is InChI=1S/C21H28N2O3/c1-2-11-26-18-9-7-17(8-10-18)23-20(24)12-19(21(23)25)22-13-15-5-3-4-6-16(15)14-22/h7-10,15-16,19H,2-6,11-14H2,1H3/t15-,16+,19-/m0/s1. The second-order valence-corrected chi connectivity index (χ2v) is 7.89. The van der Waals surface area contributed by atoms with Gasteiger partial charge in [0.05, 0.1) is 24.8 Å². The summed E-state index contributed by atoms with van der Waals surface area (Å²) in [7, 11) is 0. The number of nitrogens with zero attached hydrogens (tertiary/aromatic N) is 2. The molecule has 3 fully saturated rings. The minimum absolute atomic E-state index is 0.0594. The van der Waals surface area contributed by atoms with Gasteiger partial charge in [0.2, 0.25) is 5.91 Å². The lowest BCUT2D eigenvalue weighted by Crippen LogP contribution is -2.41. The molecule has 0 unspecified atom stereocenters. The summed E-state index contributed by atoms with van der Waals surface area (Å²) >= 11 is 0. The monoisotopic (exact) mass is 356 g/mol. The van der Waals surface area contributed by atoms with E-state index >= 15 is 0 Å². The van der Waals surface area contributed by atoms with Gasteiger partial charge in [-0.05, 0) is 55.4 Å². The highest BCUT2D eigenvalue weighted by Crippen LogP contribution is 2.38. The van der Waals surface area contributed by atoms with Crippen molar-refractivity contribution in [3.8, 4) is 5.75 Å². The molecule has 0 N–H and O–H groups in total. The van der Waals surface area contributed by atoms with Crippen LogP contribution in [0.25, 0.3) is 0 Å². The van der Waals surface area contributed by atoms with Crippen molar-refractivity contribution in [2.24, 2.45) is 11.8 Å². The van der Waals surface area contributed by atoms with Gasteiger partial charge in [0, 0.05) is 13.1 Å². The number of imide groups is 1. The fourth-order valence-corrected chi connectivity index (χ4v) is 4.78. The number of amides is 2. The van der Waals surface area contributed by atoms with E-state index in [1.165, 1.54) is 30.6 Å². The molecule has 5 nitrogen and oxygen atoms in total. The van der Waals surface area contributed by atoms with E-state index in [1.54, 1.807) is 0 Å². The van der Waals surface area contributed by atoms with Gasteiger partial charge in [-0.25, -0.2) is 4.90 Å². The molecule has 1 saturated carbocycles. The van der Waals surface area contributed by atoms with Crippen LogP contribution in [-0.4, -0.2) is 42.5 Å². The van der Waals surface area contributed by atoms with Crippen LogP contribution in [0.15, 0.2) is 24.3 Å². The van der Waals surface area contributed by atoms with Crippen molar-refractivity contribution < 1.29 is 14.3 Å². The Bertz CT molecular complexity index is 658. The highest BCUT2D eigenvalue weighted by Gasteiger charge is 2.46. The molecule has 2 saturated heterocycles. The molecular weight excluding hydrogens is 328 g/mol. The summed E-state index contributed by atoms with van der Waals surface area (Å²) < 4.78 is 5.59. The topological polar surface area (TPSA) is 49.9 Å². The summed E-state index contributed by atoms with van der Waals surface area (Å²) in [4.78, 5) is 29.2. The molecule has 3 atom stereocenters. The summed E-state index contributed by atoms with van der Waals surface area (Å²) in [5, 5.41) is 0. The van der Waals surface area contributed by atoms with Crippen molar-refractivity contribution >= 4 is 17.5 Å². The number of fused-ring (bicyclic) bond motifs is 1. The minimum Gasteiger partial charge on any atom is -0.494 e. The van der Waals surface area contributed by atoms with E-state index in [4.69, 9.17) is 4.74 Å². The van der Waals surface area contributed by atoms with Crippen molar-refractivity contribution in [3.05, 3.63) is 24.3 Å².